The Bertz CT molecular complexity index is 938. The maximum Gasteiger partial charge on any atom is 0.246 e. The Balaban J connectivity index is 1.30. The van der Waals surface area contributed by atoms with Crippen molar-refractivity contribution < 1.29 is 9.59 Å². The molecular weight excluding hydrogens is 418 g/mol. The van der Waals surface area contributed by atoms with Gasteiger partial charge in [0.1, 0.15) is 0 Å². The van der Waals surface area contributed by atoms with Crippen molar-refractivity contribution in [2.75, 3.05) is 19.6 Å². The number of likely N-dealkylation sites (tertiary alicyclic amines) is 1. The molecule has 0 bridgehead atoms. The molecular formula is C23H26ClN3O2S. The molecule has 1 aliphatic carbocycles. The quantitative estimate of drug-likeness (QED) is 0.649. The van der Waals surface area contributed by atoms with Crippen LogP contribution in [0.25, 0.3) is 6.08 Å². The van der Waals surface area contributed by atoms with Crippen LogP contribution in [0.1, 0.15) is 47.9 Å². The van der Waals surface area contributed by atoms with Gasteiger partial charge in [-0.1, -0.05) is 29.8 Å². The largest absolute Gasteiger partial charge is 0.355 e. The Labute approximate surface area is 186 Å². The second-order valence-electron chi connectivity index (χ2n) is 7.97. The average Bonchev–Trinajstić information content (AvgIpc) is 3.51. The Morgan fingerprint density at radius 3 is 2.90 bits per heavy atom. The summed E-state index contributed by atoms with van der Waals surface area (Å²) in [4.78, 5) is 31.1. The number of hydrogen-bond donors (Lipinski definition) is 1. The van der Waals surface area contributed by atoms with Crippen LogP contribution in [-0.4, -0.2) is 41.3 Å². The molecule has 1 saturated heterocycles. The van der Waals surface area contributed by atoms with Crippen molar-refractivity contribution in [3.8, 4) is 0 Å². The van der Waals surface area contributed by atoms with Gasteiger partial charge in [-0.3, -0.25) is 9.59 Å². The highest BCUT2D eigenvalue weighted by molar-refractivity contribution is 7.09. The molecule has 5 nitrogen and oxygen atoms in total. The average molecular weight is 444 g/mol. The number of amides is 2. The summed E-state index contributed by atoms with van der Waals surface area (Å²) in [6.45, 7) is 2.10. The molecule has 0 spiro atoms. The van der Waals surface area contributed by atoms with Gasteiger partial charge < -0.3 is 10.2 Å². The van der Waals surface area contributed by atoms with E-state index in [-0.39, 0.29) is 23.7 Å². The number of benzene rings is 1. The minimum atomic E-state index is 0.0131. The molecule has 0 radical (unpaired) electrons. The van der Waals surface area contributed by atoms with E-state index < -0.39 is 0 Å². The summed E-state index contributed by atoms with van der Waals surface area (Å²) in [5.74, 6) is 0.709. The number of carbonyl (C=O) groups excluding carboxylic acids is 2. The molecule has 7 heteroatoms. The van der Waals surface area contributed by atoms with Crippen LogP contribution in [-0.2, 0) is 16.0 Å². The first-order valence-electron chi connectivity index (χ1n) is 10.5. The molecule has 2 heterocycles. The summed E-state index contributed by atoms with van der Waals surface area (Å²) in [5.41, 5.74) is 1.87. The second kappa shape index (κ2) is 9.75. The van der Waals surface area contributed by atoms with Crippen LogP contribution in [0.5, 0.6) is 0 Å². The van der Waals surface area contributed by atoms with E-state index in [1.165, 1.54) is 0 Å². The number of nitrogens with zero attached hydrogens (tertiary/aromatic N) is 2. The zero-order valence-electron chi connectivity index (χ0n) is 16.9. The number of nitrogens with one attached hydrogen (secondary N) is 1. The first-order valence-corrected chi connectivity index (χ1v) is 11.8. The van der Waals surface area contributed by atoms with Crippen LogP contribution < -0.4 is 5.32 Å². The minimum Gasteiger partial charge on any atom is -0.355 e. The van der Waals surface area contributed by atoms with Crippen molar-refractivity contribution in [2.45, 2.75) is 38.0 Å². The third kappa shape index (κ3) is 5.49. The summed E-state index contributed by atoms with van der Waals surface area (Å²) in [6.07, 6.45) is 8.22. The van der Waals surface area contributed by atoms with Crippen LogP contribution in [0, 0.1) is 5.92 Å². The van der Waals surface area contributed by atoms with Crippen molar-refractivity contribution in [3.05, 3.63) is 57.0 Å². The zero-order valence-corrected chi connectivity index (χ0v) is 18.4. The van der Waals surface area contributed by atoms with E-state index in [1.54, 1.807) is 23.5 Å². The molecule has 1 saturated carbocycles. The molecule has 1 aliphatic heterocycles. The summed E-state index contributed by atoms with van der Waals surface area (Å²) in [5, 5.41) is 6.80. The molecule has 1 aromatic heterocycles. The number of thiazole rings is 1. The van der Waals surface area contributed by atoms with Gasteiger partial charge in [0.15, 0.2) is 0 Å². The van der Waals surface area contributed by atoms with Gasteiger partial charge in [-0.2, -0.15) is 0 Å². The van der Waals surface area contributed by atoms with Crippen LogP contribution >= 0.6 is 22.9 Å². The van der Waals surface area contributed by atoms with Crippen LogP contribution in [0.4, 0.5) is 0 Å². The molecule has 1 N–H and O–H groups in total. The Morgan fingerprint density at radius 1 is 1.27 bits per heavy atom. The van der Waals surface area contributed by atoms with E-state index in [0.717, 1.165) is 54.9 Å². The fourth-order valence-electron chi connectivity index (χ4n) is 3.68. The molecule has 2 aliphatic rings. The van der Waals surface area contributed by atoms with Crippen LogP contribution in [0.3, 0.4) is 0 Å². The van der Waals surface area contributed by atoms with E-state index in [4.69, 9.17) is 16.6 Å². The molecule has 1 atom stereocenters. The molecule has 1 unspecified atom stereocenters. The van der Waals surface area contributed by atoms with Crippen LogP contribution in [0.15, 0.2) is 35.7 Å². The highest BCUT2D eigenvalue weighted by Crippen LogP contribution is 2.30. The summed E-state index contributed by atoms with van der Waals surface area (Å²) in [6, 6.07) is 7.50. The lowest BCUT2D eigenvalue weighted by atomic mass is 9.98. The van der Waals surface area contributed by atoms with Gasteiger partial charge in [0.05, 0.1) is 10.7 Å². The lowest BCUT2D eigenvalue weighted by molar-refractivity contribution is -0.127. The fraction of sp³-hybridized carbons (Fsp3) is 0.435. The summed E-state index contributed by atoms with van der Waals surface area (Å²) < 4.78 is 0. The van der Waals surface area contributed by atoms with Gasteiger partial charge >= 0.3 is 0 Å². The topological polar surface area (TPSA) is 62.3 Å². The van der Waals surface area contributed by atoms with E-state index >= 15 is 0 Å². The number of carbonyl (C=O) groups is 2. The molecule has 2 fully saturated rings. The van der Waals surface area contributed by atoms with Crippen molar-refractivity contribution in [3.63, 3.8) is 0 Å². The summed E-state index contributed by atoms with van der Waals surface area (Å²) >= 11 is 7.83. The number of piperidine rings is 1. The zero-order chi connectivity index (χ0) is 20.9. The van der Waals surface area contributed by atoms with Gasteiger partial charge in [0, 0.05) is 54.4 Å². The molecule has 158 valence electrons. The number of aromatic nitrogens is 1. The Kier molecular flexibility index (Phi) is 6.85. The summed E-state index contributed by atoms with van der Waals surface area (Å²) in [7, 11) is 0. The Morgan fingerprint density at radius 2 is 2.10 bits per heavy atom. The van der Waals surface area contributed by atoms with E-state index in [1.807, 2.05) is 29.2 Å². The maximum atomic E-state index is 12.7. The SMILES string of the molecule is O=C(NCCc1csc(C2CCCN(C(=O)/C=C/c3ccccc3Cl)C2)n1)C1CC1. The van der Waals surface area contributed by atoms with Crippen molar-refractivity contribution in [1.29, 1.82) is 0 Å². The van der Waals surface area contributed by atoms with E-state index in [9.17, 15) is 9.59 Å². The molecule has 30 heavy (non-hydrogen) atoms. The Hall–Kier alpha value is -2.18. The fourth-order valence-corrected chi connectivity index (χ4v) is 4.87. The van der Waals surface area contributed by atoms with E-state index in [2.05, 4.69) is 10.7 Å². The van der Waals surface area contributed by atoms with Gasteiger partial charge in [-0.15, -0.1) is 11.3 Å². The van der Waals surface area contributed by atoms with Crippen molar-refractivity contribution >= 4 is 40.8 Å². The predicted octanol–water partition coefficient (Wildman–Crippen LogP) is 4.28. The molecule has 2 amide bonds. The normalized spacial score (nSPS) is 19.2. The van der Waals surface area contributed by atoms with Gasteiger partial charge in [-0.25, -0.2) is 4.98 Å². The van der Waals surface area contributed by atoms with Crippen LogP contribution in [0.2, 0.25) is 5.02 Å². The highest BCUT2D eigenvalue weighted by Gasteiger charge is 2.29. The molecule has 4 rings (SSSR count). The molecule has 1 aromatic carbocycles. The lowest BCUT2D eigenvalue weighted by Gasteiger charge is -2.31. The third-order valence-corrected chi connectivity index (χ3v) is 6.99. The number of hydrogen-bond acceptors (Lipinski definition) is 4. The highest BCUT2D eigenvalue weighted by atomic mass is 35.5. The predicted molar refractivity (Wildman–Crippen MR) is 121 cm³/mol. The van der Waals surface area contributed by atoms with E-state index in [0.29, 0.717) is 18.1 Å². The first kappa shape index (κ1) is 21.1. The second-order valence-corrected chi connectivity index (χ2v) is 9.27. The number of halogens is 1. The smallest absolute Gasteiger partial charge is 0.246 e. The van der Waals surface area contributed by atoms with Crippen molar-refractivity contribution in [2.24, 2.45) is 5.92 Å². The lowest BCUT2D eigenvalue weighted by Crippen LogP contribution is -2.38. The monoisotopic (exact) mass is 443 g/mol. The van der Waals surface area contributed by atoms with Gasteiger partial charge in [0.2, 0.25) is 11.8 Å². The van der Waals surface area contributed by atoms with Gasteiger partial charge in [0.25, 0.3) is 0 Å². The first-order chi connectivity index (χ1) is 14.6. The standard InChI is InChI=1S/C23H26ClN3O2S/c24-20-6-2-1-4-16(20)9-10-21(28)27-13-3-5-18(14-27)23-26-19(15-30-23)11-12-25-22(29)17-7-8-17/h1-2,4,6,9-10,15,17-18H,3,5,7-8,11-14H2,(H,25,29)/b10-9+. The third-order valence-electron chi connectivity index (χ3n) is 5.59. The molecule has 2 aromatic rings. The number of rotatable bonds is 7. The van der Waals surface area contributed by atoms with Gasteiger partial charge in [-0.05, 0) is 43.4 Å². The minimum absolute atomic E-state index is 0.0131. The maximum absolute atomic E-state index is 12.7. The van der Waals surface area contributed by atoms with Crippen molar-refractivity contribution in [1.82, 2.24) is 15.2 Å².